The van der Waals surface area contributed by atoms with Gasteiger partial charge in [0.15, 0.2) is 5.11 Å². The zero-order valence-corrected chi connectivity index (χ0v) is 15.0. The summed E-state index contributed by atoms with van der Waals surface area (Å²) in [6.45, 7) is 2.49. The van der Waals surface area contributed by atoms with Crippen LogP contribution in [-0.4, -0.2) is 14.5 Å². The van der Waals surface area contributed by atoms with Gasteiger partial charge in [-0.1, -0.05) is 48.5 Å². The smallest absolute Gasteiger partial charge is 0.295 e. The first kappa shape index (κ1) is 17.0. The summed E-state index contributed by atoms with van der Waals surface area (Å²) in [4.78, 5) is 12.8. The van der Waals surface area contributed by atoms with Crippen molar-refractivity contribution in [1.29, 1.82) is 0 Å². The number of nitrogens with zero attached hydrogens (tertiary/aromatic N) is 2. The molecule has 0 saturated heterocycles. The highest BCUT2D eigenvalue weighted by atomic mass is 32.1. The predicted molar refractivity (Wildman–Crippen MR) is 105 cm³/mol. The van der Waals surface area contributed by atoms with E-state index in [1.54, 1.807) is 4.68 Å². The Balaban J connectivity index is 1.79. The van der Waals surface area contributed by atoms with Crippen LogP contribution < -0.4 is 16.2 Å². The molecule has 0 atom stereocenters. The lowest BCUT2D eigenvalue weighted by Gasteiger charge is -2.09. The number of anilines is 1. The van der Waals surface area contributed by atoms with Gasteiger partial charge in [-0.2, -0.15) is 0 Å². The van der Waals surface area contributed by atoms with E-state index in [0.717, 1.165) is 16.9 Å². The van der Waals surface area contributed by atoms with Crippen molar-refractivity contribution in [2.45, 2.75) is 13.5 Å². The standard InChI is InChI=1S/C19H20N4OS/c1-14-17(21-19(25)20-13-15-9-5-3-6-10-15)18(24)23(22(14)2)16-11-7-4-8-12-16/h3-12H,13H2,1-2H3,(H2,20,21,25). The SMILES string of the molecule is Cc1c(NC(=S)NCc2ccccc2)c(=O)n(-c2ccccc2)n1C. The first-order valence-corrected chi connectivity index (χ1v) is 8.41. The summed E-state index contributed by atoms with van der Waals surface area (Å²) in [7, 11) is 1.86. The molecule has 0 fully saturated rings. The number of nitrogens with one attached hydrogen (secondary N) is 2. The van der Waals surface area contributed by atoms with Crippen LogP contribution in [-0.2, 0) is 13.6 Å². The lowest BCUT2D eigenvalue weighted by Crippen LogP contribution is -2.30. The Morgan fingerprint density at radius 2 is 1.64 bits per heavy atom. The summed E-state index contributed by atoms with van der Waals surface area (Å²) >= 11 is 5.34. The lowest BCUT2D eigenvalue weighted by molar-refractivity contribution is 0.630. The van der Waals surface area contributed by atoms with Crippen molar-refractivity contribution >= 4 is 23.0 Å². The van der Waals surface area contributed by atoms with E-state index in [2.05, 4.69) is 10.6 Å². The van der Waals surface area contributed by atoms with Crippen molar-refractivity contribution in [3.8, 4) is 5.69 Å². The van der Waals surface area contributed by atoms with E-state index in [0.29, 0.717) is 17.3 Å². The van der Waals surface area contributed by atoms with Gasteiger partial charge in [-0.3, -0.25) is 9.48 Å². The Bertz CT molecular complexity index is 929. The van der Waals surface area contributed by atoms with Crippen LogP contribution in [0.4, 0.5) is 5.69 Å². The number of thiocarbonyl (C=S) groups is 1. The Labute approximate surface area is 151 Å². The minimum absolute atomic E-state index is 0.130. The fourth-order valence-corrected chi connectivity index (χ4v) is 2.82. The van der Waals surface area contributed by atoms with Crippen molar-refractivity contribution in [2.24, 2.45) is 7.05 Å². The van der Waals surface area contributed by atoms with Crippen molar-refractivity contribution < 1.29 is 0 Å². The van der Waals surface area contributed by atoms with E-state index < -0.39 is 0 Å². The highest BCUT2D eigenvalue weighted by Gasteiger charge is 2.16. The van der Waals surface area contributed by atoms with Gasteiger partial charge in [-0.25, -0.2) is 4.68 Å². The number of hydrogen-bond acceptors (Lipinski definition) is 2. The summed E-state index contributed by atoms with van der Waals surface area (Å²) in [5, 5.41) is 6.60. The maximum absolute atomic E-state index is 12.8. The van der Waals surface area contributed by atoms with E-state index in [-0.39, 0.29) is 5.56 Å². The summed E-state index contributed by atoms with van der Waals surface area (Å²) in [5.41, 5.74) is 3.11. The highest BCUT2D eigenvalue weighted by molar-refractivity contribution is 7.80. The monoisotopic (exact) mass is 352 g/mol. The molecule has 1 aromatic heterocycles. The van der Waals surface area contributed by atoms with E-state index >= 15 is 0 Å². The zero-order chi connectivity index (χ0) is 17.8. The van der Waals surface area contributed by atoms with Crippen LogP contribution >= 0.6 is 12.2 Å². The molecule has 2 aromatic carbocycles. The quantitative estimate of drug-likeness (QED) is 0.709. The normalized spacial score (nSPS) is 10.5. The van der Waals surface area contributed by atoms with Gasteiger partial charge >= 0.3 is 0 Å². The molecule has 5 nitrogen and oxygen atoms in total. The van der Waals surface area contributed by atoms with E-state index in [1.165, 1.54) is 0 Å². The molecule has 0 radical (unpaired) electrons. The zero-order valence-electron chi connectivity index (χ0n) is 14.2. The molecule has 3 aromatic rings. The number of aromatic nitrogens is 2. The predicted octanol–water partition coefficient (Wildman–Crippen LogP) is 2.97. The van der Waals surface area contributed by atoms with Gasteiger partial charge in [0.25, 0.3) is 5.56 Å². The number of hydrogen-bond donors (Lipinski definition) is 2. The highest BCUT2D eigenvalue weighted by Crippen LogP contribution is 2.13. The Hall–Kier alpha value is -2.86. The first-order valence-electron chi connectivity index (χ1n) is 8.00. The molecule has 3 rings (SSSR count). The summed E-state index contributed by atoms with van der Waals surface area (Å²) < 4.78 is 3.44. The third kappa shape index (κ3) is 3.64. The largest absolute Gasteiger partial charge is 0.358 e. The van der Waals surface area contributed by atoms with Crippen LogP contribution in [0.5, 0.6) is 0 Å². The minimum atomic E-state index is -0.130. The molecule has 0 spiro atoms. The summed E-state index contributed by atoms with van der Waals surface area (Å²) in [5.74, 6) is 0. The topological polar surface area (TPSA) is 51.0 Å². The Kier molecular flexibility index (Phi) is 5.00. The lowest BCUT2D eigenvalue weighted by atomic mass is 10.2. The second kappa shape index (κ2) is 7.36. The van der Waals surface area contributed by atoms with Gasteiger partial charge in [0.05, 0.1) is 11.4 Å². The third-order valence-electron chi connectivity index (χ3n) is 4.09. The summed E-state index contributed by atoms with van der Waals surface area (Å²) in [6.07, 6.45) is 0. The first-order chi connectivity index (χ1) is 12.1. The van der Waals surface area contributed by atoms with Gasteiger partial charge in [0.1, 0.15) is 5.69 Å². The third-order valence-corrected chi connectivity index (χ3v) is 4.34. The van der Waals surface area contributed by atoms with Crippen molar-refractivity contribution in [1.82, 2.24) is 14.7 Å². The minimum Gasteiger partial charge on any atom is -0.358 e. The number of benzene rings is 2. The van der Waals surface area contributed by atoms with Crippen molar-refractivity contribution in [3.05, 3.63) is 82.3 Å². The molecule has 1 heterocycles. The molecule has 2 N–H and O–H groups in total. The van der Waals surface area contributed by atoms with E-state index in [4.69, 9.17) is 12.2 Å². The van der Waals surface area contributed by atoms with Gasteiger partial charge in [-0.15, -0.1) is 0 Å². The molecular formula is C19H20N4OS. The molecule has 0 unspecified atom stereocenters. The molecule has 6 heteroatoms. The number of rotatable bonds is 4. The number of para-hydroxylation sites is 1. The molecule has 25 heavy (non-hydrogen) atoms. The molecule has 0 saturated carbocycles. The van der Waals surface area contributed by atoms with Crippen LogP contribution in [0.2, 0.25) is 0 Å². The van der Waals surface area contributed by atoms with Crippen LogP contribution in [0, 0.1) is 6.92 Å². The van der Waals surface area contributed by atoms with Crippen LogP contribution in [0.1, 0.15) is 11.3 Å². The van der Waals surface area contributed by atoms with Gasteiger partial charge < -0.3 is 10.6 Å². The Morgan fingerprint density at radius 3 is 2.28 bits per heavy atom. The van der Waals surface area contributed by atoms with Gasteiger partial charge in [0.2, 0.25) is 0 Å². The van der Waals surface area contributed by atoms with E-state index in [1.807, 2.05) is 79.3 Å². The van der Waals surface area contributed by atoms with Crippen molar-refractivity contribution in [3.63, 3.8) is 0 Å². The Morgan fingerprint density at radius 1 is 1.04 bits per heavy atom. The average molecular weight is 352 g/mol. The summed E-state index contributed by atoms with van der Waals surface area (Å²) in [6, 6.07) is 19.5. The molecule has 128 valence electrons. The van der Waals surface area contributed by atoms with Crippen LogP contribution in [0.3, 0.4) is 0 Å². The molecule has 0 aliphatic heterocycles. The fourth-order valence-electron chi connectivity index (χ4n) is 2.65. The van der Waals surface area contributed by atoms with E-state index in [9.17, 15) is 4.79 Å². The fraction of sp³-hybridized carbons (Fsp3) is 0.158. The van der Waals surface area contributed by atoms with Crippen LogP contribution in [0.15, 0.2) is 65.5 Å². The van der Waals surface area contributed by atoms with Crippen molar-refractivity contribution in [2.75, 3.05) is 5.32 Å². The maximum Gasteiger partial charge on any atom is 0.295 e. The van der Waals surface area contributed by atoms with Crippen LogP contribution in [0.25, 0.3) is 5.69 Å². The molecule has 0 aliphatic rings. The molecule has 0 aliphatic carbocycles. The molecule has 0 bridgehead atoms. The van der Waals surface area contributed by atoms with Gasteiger partial charge in [0, 0.05) is 13.6 Å². The average Bonchev–Trinajstić information content (AvgIpc) is 2.85. The molecular weight excluding hydrogens is 332 g/mol. The second-order valence-corrected chi connectivity index (χ2v) is 6.14. The molecule has 0 amide bonds. The van der Waals surface area contributed by atoms with Gasteiger partial charge in [-0.05, 0) is 36.8 Å². The second-order valence-electron chi connectivity index (χ2n) is 5.73. The maximum atomic E-state index is 12.8.